The number of rotatable bonds is 6. The van der Waals surface area contributed by atoms with E-state index in [4.69, 9.17) is 4.74 Å². The molecule has 3 rings (SSSR count). The highest BCUT2D eigenvalue weighted by molar-refractivity contribution is 6.00. The number of hydrogen-bond acceptors (Lipinski definition) is 5. The average Bonchev–Trinajstić information content (AvgIpc) is 2.77. The van der Waals surface area contributed by atoms with E-state index in [1.165, 1.54) is 11.8 Å². The quantitative estimate of drug-likeness (QED) is 0.731. The molecule has 1 N–H and O–H groups in total. The van der Waals surface area contributed by atoms with Crippen LogP contribution in [0.4, 0.5) is 24.5 Å². The fourth-order valence-electron chi connectivity index (χ4n) is 3.39. The number of aryl methyl sites for hydroxylation is 1. The Morgan fingerprint density at radius 2 is 1.78 bits per heavy atom. The summed E-state index contributed by atoms with van der Waals surface area (Å²) in [5.74, 6) is -0.958. The van der Waals surface area contributed by atoms with Gasteiger partial charge in [0.1, 0.15) is 12.2 Å². The van der Waals surface area contributed by atoms with Crippen LogP contribution in [0.3, 0.4) is 0 Å². The standard InChI is InChI=1S/C22H25F3N4O3/c1-3-28(21(31)18-8-9-19(22(23,24)25)26-15(18)2)14-20(30)27-16-4-6-17(7-5-16)29-10-12-32-13-11-29/h4-9H,3,10-14H2,1-2H3,(H,27,30). The summed E-state index contributed by atoms with van der Waals surface area (Å²) in [5.41, 5.74) is 0.544. The number of carbonyl (C=O) groups excluding carboxylic acids is 2. The van der Waals surface area contributed by atoms with Crippen molar-refractivity contribution >= 4 is 23.2 Å². The fourth-order valence-corrected chi connectivity index (χ4v) is 3.39. The molecule has 172 valence electrons. The average molecular weight is 450 g/mol. The second kappa shape index (κ2) is 9.99. The number of nitrogens with one attached hydrogen (secondary N) is 1. The van der Waals surface area contributed by atoms with Crippen molar-refractivity contribution in [2.45, 2.75) is 20.0 Å². The van der Waals surface area contributed by atoms with E-state index in [0.717, 1.165) is 30.9 Å². The maximum Gasteiger partial charge on any atom is 0.433 e. The van der Waals surface area contributed by atoms with Crippen molar-refractivity contribution in [1.29, 1.82) is 0 Å². The van der Waals surface area contributed by atoms with Crippen molar-refractivity contribution < 1.29 is 27.5 Å². The van der Waals surface area contributed by atoms with Crippen molar-refractivity contribution in [3.8, 4) is 0 Å². The van der Waals surface area contributed by atoms with E-state index in [2.05, 4.69) is 15.2 Å². The summed E-state index contributed by atoms with van der Waals surface area (Å²) in [4.78, 5) is 32.2. The van der Waals surface area contributed by atoms with Gasteiger partial charge in [-0.25, -0.2) is 4.98 Å². The van der Waals surface area contributed by atoms with Gasteiger partial charge in [0.25, 0.3) is 5.91 Å². The monoisotopic (exact) mass is 450 g/mol. The van der Waals surface area contributed by atoms with E-state index in [1.54, 1.807) is 19.1 Å². The Bertz CT molecular complexity index is 958. The molecule has 0 unspecified atom stereocenters. The first-order valence-electron chi connectivity index (χ1n) is 10.3. The molecule has 0 atom stereocenters. The molecule has 1 aliphatic heterocycles. The molecule has 0 radical (unpaired) electrons. The molecule has 7 nitrogen and oxygen atoms in total. The normalized spacial score (nSPS) is 14.2. The van der Waals surface area contributed by atoms with Crippen LogP contribution in [-0.4, -0.2) is 61.1 Å². The maximum atomic E-state index is 12.8. The number of alkyl halides is 3. The minimum atomic E-state index is -4.59. The topological polar surface area (TPSA) is 74.8 Å². The fraction of sp³-hybridized carbons (Fsp3) is 0.409. The molecule has 10 heteroatoms. The number of amides is 2. The minimum absolute atomic E-state index is 0.0301. The van der Waals surface area contributed by atoms with E-state index < -0.39 is 23.7 Å². The highest BCUT2D eigenvalue weighted by Crippen LogP contribution is 2.28. The number of pyridine rings is 1. The Kier molecular flexibility index (Phi) is 7.34. The summed E-state index contributed by atoms with van der Waals surface area (Å²) in [6.45, 7) is 5.96. The summed E-state index contributed by atoms with van der Waals surface area (Å²) in [7, 11) is 0. The first kappa shape index (κ1) is 23.5. The SMILES string of the molecule is CCN(CC(=O)Nc1ccc(N2CCOCC2)cc1)C(=O)c1ccc(C(F)(F)F)nc1C. The molecular formula is C22H25F3N4O3. The molecule has 0 aliphatic carbocycles. The van der Waals surface area contributed by atoms with E-state index in [0.29, 0.717) is 18.9 Å². The van der Waals surface area contributed by atoms with Crippen molar-refractivity contribution in [2.75, 3.05) is 49.6 Å². The zero-order valence-electron chi connectivity index (χ0n) is 17.9. The third-order valence-corrected chi connectivity index (χ3v) is 5.14. The summed E-state index contributed by atoms with van der Waals surface area (Å²) in [6.07, 6.45) is -4.59. The van der Waals surface area contributed by atoms with Gasteiger partial charge in [0.05, 0.1) is 24.5 Å². The molecule has 1 saturated heterocycles. The lowest BCUT2D eigenvalue weighted by Crippen LogP contribution is -2.38. The number of morpholine rings is 1. The first-order valence-corrected chi connectivity index (χ1v) is 10.3. The Balaban J connectivity index is 1.62. The maximum absolute atomic E-state index is 12.8. The van der Waals surface area contributed by atoms with Gasteiger partial charge in [-0.05, 0) is 50.2 Å². The zero-order chi connectivity index (χ0) is 23.3. The number of anilines is 2. The van der Waals surface area contributed by atoms with Gasteiger partial charge in [0, 0.05) is 31.0 Å². The third-order valence-electron chi connectivity index (χ3n) is 5.14. The largest absolute Gasteiger partial charge is 0.433 e. The number of carbonyl (C=O) groups is 2. The smallest absolute Gasteiger partial charge is 0.378 e. The number of nitrogens with zero attached hydrogens (tertiary/aromatic N) is 3. The van der Waals surface area contributed by atoms with Crippen LogP contribution < -0.4 is 10.2 Å². The van der Waals surface area contributed by atoms with Gasteiger partial charge in [0.2, 0.25) is 5.91 Å². The summed E-state index contributed by atoms with van der Waals surface area (Å²) in [6, 6.07) is 9.24. The van der Waals surface area contributed by atoms with Gasteiger partial charge < -0.3 is 19.9 Å². The minimum Gasteiger partial charge on any atom is -0.378 e. The molecule has 32 heavy (non-hydrogen) atoms. The van der Waals surface area contributed by atoms with Crippen molar-refractivity contribution in [1.82, 2.24) is 9.88 Å². The predicted octanol–water partition coefficient (Wildman–Crippen LogP) is 3.35. The third kappa shape index (κ3) is 5.76. The van der Waals surface area contributed by atoms with Crippen LogP contribution in [0.2, 0.25) is 0 Å². The molecular weight excluding hydrogens is 425 g/mol. The highest BCUT2D eigenvalue weighted by atomic mass is 19.4. The number of aromatic nitrogens is 1. The summed E-state index contributed by atoms with van der Waals surface area (Å²) in [5, 5.41) is 2.75. The van der Waals surface area contributed by atoms with Crippen LogP contribution in [0, 0.1) is 6.92 Å². The Morgan fingerprint density at radius 1 is 1.12 bits per heavy atom. The van der Waals surface area contributed by atoms with Gasteiger partial charge in [-0.1, -0.05) is 0 Å². The van der Waals surface area contributed by atoms with Crippen molar-refractivity contribution in [3.63, 3.8) is 0 Å². The first-order chi connectivity index (χ1) is 15.2. The lowest BCUT2D eigenvalue weighted by Gasteiger charge is -2.29. The molecule has 2 heterocycles. The lowest BCUT2D eigenvalue weighted by atomic mass is 10.1. The second-order valence-electron chi connectivity index (χ2n) is 7.34. The summed E-state index contributed by atoms with van der Waals surface area (Å²) < 4.78 is 43.8. The lowest BCUT2D eigenvalue weighted by molar-refractivity contribution is -0.141. The molecule has 0 bridgehead atoms. The molecule has 1 fully saturated rings. The van der Waals surface area contributed by atoms with Crippen LogP contribution in [0.5, 0.6) is 0 Å². The molecule has 0 saturated carbocycles. The summed E-state index contributed by atoms with van der Waals surface area (Å²) >= 11 is 0. The van der Waals surface area contributed by atoms with Gasteiger partial charge in [-0.2, -0.15) is 13.2 Å². The Hall–Kier alpha value is -3.14. The Morgan fingerprint density at radius 3 is 2.34 bits per heavy atom. The van der Waals surface area contributed by atoms with Crippen LogP contribution in [0.25, 0.3) is 0 Å². The predicted molar refractivity (Wildman–Crippen MR) is 114 cm³/mol. The number of ether oxygens (including phenoxy) is 1. The van der Waals surface area contributed by atoms with Gasteiger partial charge in [0.15, 0.2) is 0 Å². The van der Waals surface area contributed by atoms with E-state index in [1.807, 2.05) is 12.1 Å². The number of likely N-dealkylation sites (N-methyl/N-ethyl adjacent to an activating group) is 1. The van der Waals surface area contributed by atoms with Crippen LogP contribution in [-0.2, 0) is 15.7 Å². The Labute approximate surface area is 184 Å². The van der Waals surface area contributed by atoms with E-state index >= 15 is 0 Å². The second-order valence-corrected chi connectivity index (χ2v) is 7.34. The van der Waals surface area contributed by atoms with Crippen molar-refractivity contribution in [3.05, 3.63) is 53.3 Å². The number of benzene rings is 1. The molecule has 1 aromatic heterocycles. The molecule has 2 aromatic rings. The number of halogens is 3. The zero-order valence-corrected chi connectivity index (χ0v) is 17.9. The van der Waals surface area contributed by atoms with Crippen LogP contribution in [0.15, 0.2) is 36.4 Å². The van der Waals surface area contributed by atoms with E-state index in [-0.39, 0.29) is 24.3 Å². The van der Waals surface area contributed by atoms with Crippen LogP contribution >= 0.6 is 0 Å². The molecule has 0 spiro atoms. The van der Waals surface area contributed by atoms with Crippen molar-refractivity contribution in [2.24, 2.45) is 0 Å². The number of hydrogen-bond donors (Lipinski definition) is 1. The molecule has 1 aliphatic rings. The molecule has 1 aromatic carbocycles. The van der Waals surface area contributed by atoms with Gasteiger partial charge >= 0.3 is 6.18 Å². The van der Waals surface area contributed by atoms with Gasteiger partial charge in [-0.3, -0.25) is 9.59 Å². The van der Waals surface area contributed by atoms with E-state index in [9.17, 15) is 22.8 Å². The van der Waals surface area contributed by atoms with Crippen LogP contribution in [0.1, 0.15) is 28.7 Å². The highest BCUT2D eigenvalue weighted by Gasteiger charge is 2.33. The van der Waals surface area contributed by atoms with Gasteiger partial charge in [-0.15, -0.1) is 0 Å². The molecule has 2 amide bonds.